The normalized spacial score (nSPS) is 10.2. The van der Waals surface area contributed by atoms with Gasteiger partial charge in [-0.3, -0.25) is 15.6 Å². The van der Waals surface area contributed by atoms with Crippen molar-refractivity contribution in [1.82, 2.24) is 20.4 Å². The van der Waals surface area contributed by atoms with E-state index in [-0.39, 0.29) is 17.4 Å². The Kier molecular flexibility index (Phi) is 4.93. The zero-order valence-corrected chi connectivity index (χ0v) is 14.4. The maximum Gasteiger partial charge on any atom is 0.269 e. The molecule has 3 aromatic rings. The molecule has 0 aliphatic carbocycles. The Balaban J connectivity index is 1.74. The van der Waals surface area contributed by atoms with Crippen LogP contribution in [0.4, 0.5) is 23.1 Å². The number of carbonyl (C=O) groups excluding carboxylic acids is 1. The summed E-state index contributed by atoms with van der Waals surface area (Å²) in [6.07, 6.45) is 3.02. The predicted octanol–water partition coefficient (Wildman–Crippen LogP) is 2.57. The molecule has 132 valence electrons. The lowest BCUT2D eigenvalue weighted by atomic mass is 10.1. The molecule has 0 aliphatic heterocycles. The fourth-order valence-electron chi connectivity index (χ4n) is 2.33. The zero-order valence-electron chi connectivity index (χ0n) is 14.4. The number of aryl methyl sites for hydroxylation is 2. The molecule has 8 heteroatoms. The maximum absolute atomic E-state index is 12.3. The number of carbonyl (C=O) groups is 1. The summed E-state index contributed by atoms with van der Waals surface area (Å²) in [5.74, 6) is 1.05. The first-order valence-electron chi connectivity index (χ1n) is 7.97. The number of pyridine rings is 1. The van der Waals surface area contributed by atoms with Crippen molar-refractivity contribution in [3.63, 3.8) is 0 Å². The Morgan fingerprint density at radius 1 is 0.923 bits per heavy atom. The molecular weight excluding hydrogens is 330 g/mol. The number of benzene rings is 1. The van der Waals surface area contributed by atoms with E-state index in [2.05, 4.69) is 31.1 Å². The number of amides is 1. The summed E-state index contributed by atoms with van der Waals surface area (Å²) in [6, 6.07) is 11.1. The molecule has 0 fully saturated rings. The molecule has 2 aromatic heterocycles. The van der Waals surface area contributed by atoms with E-state index < -0.39 is 0 Å². The first-order valence-corrected chi connectivity index (χ1v) is 7.97. The fourth-order valence-corrected chi connectivity index (χ4v) is 2.33. The number of hydrazine groups is 1. The van der Waals surface area contributed by atoms with Gasteiger partial charge in [0.05, 0.1) is 0 Å². The molecule has 0 spiro atoms. The quantitative estimate of drug-likeness (QED) is 0.523. The molecule has 3 rings (SSSR count). The minimum Gasteiger partial charge on any atom is -0.393 e. The molecule has 5 N–H and O–H groups in total. The number of nitrogens with zero attached hydrogens (tertiary/aromatic N) is 3. The van der Waals surface area contributed by atoms with Gasteiger partial charge in [0.1, 0.15) is 17.8 Å². The third-order valence-corrected chi connectivity index (χ3v) is 3.81. The second-order valence-electron chi connectivity index (χ2n) is 5.67. The Hall–Kier alpha value is -3.68. The largest absolute Gasteiger partial charge is 0.393 e. The standard InChI is InChI=1S/C18H19N7O/c1-11-6-3-4-8-13(11)18(26)25-24-17-14(19)16(21-10-22-17)23-15-12(2)7-5-9-20-15/h3-10H,19H2,1-2H3,(H,25,26)(H2,20,21,22,23,24). The van der Waals surface area contributed by atoms with Crippen molar-refractivity contribution in [2.24, 2.45) is 0 Å². The molecule has 1 amide bonds. The van der Waals surface area contributed by atoms with E-state index in [1.54, 1.807) is 18.3 Å². The highest BCUT2D eigenvalue weighted by Gasteiger charge is 2.12. The van der Waals surface area contributed by atoms with Gasteiger partial charge in [0.2, 0.25) is 0 Å². The number of rotatable bonds is 5. The summed E-state index contributed by atoms with van der Waals surface area (Å²) in [5.41, 5.74) is 14.1. The number of hydrogen-bond acceptors (Lipinski definition) is 7. The van der Waals surface area contributed by atoms with E-state index in [1.165, 1.54) is 6.33 Å². The van der Waals surface area contributed by atoms with Gasteiger partial charge in [-0.1, -0.05) is 24.3 Å². The summed E-state index contributed by atoms with van der Waals surface area (Å²) in [7, 11) is 0. The van der Waals surface area contributed by atoms with Crippen molar-refractivity contribution in [3.8, 4) is 0 Å². The summed E-state index contributed by atoms with van der Waals surface area (Å²) >= 11 is 0. The van der Waals surface area contributed by atoms with Crippen LogP contribution in [0.1, 0.15) is 21.5 Å². The number of nitrogens with two attached hydrogens (primary N) is 1. The van der Waals surface area contributed by atoms with Crippen molar-refractivity contribution in [3.05, 3.63) is 65.6 Å². The van der Waals surface area contributed by atoms with Gasteiger partial charge >= 0.3 is 0 Å². The molecule has 0 saturated heterocycles. The first kappa shape index (κ1) is 17.2. The van der Waals surface area contributed by atoms with Gasteiger partial charge < -0.3 is 11.1 Å². The highest BCUT2D eigenvalue weighted by atomic mass is 16.2. The molecule has 0 atom stereocenters. The third-order valence-electron chi connectivity index (χ3n) is 3.81. The van der Waals surface area contributed by atoms with Crippen molar-refractivity contribution in [1.29, 1.82) is 0 Å². The summed E-state index contributed by atoms with van der Waals surface area (Å²) in [5, 5.41) is 3.07. The first-order chi connectivity index (χ1) is 12.6. The van der Waals surface area contributed by atoms with Gasteiger partial charge in [-0.25, -0.2) is 15.0 Å². The molecule has 8 nitrogen and oxygen atoms in total. The molecule has 0 unspecified atom stereocenters. The molecule has 0 saturated carbocycles. The van der Waals surface area contributed by atoms with E-state index in [9.17, 15) is 4.79 Å². The van der Waals surface area contributed by atoms with Gasteiger partial charge in [-0.2, -0.15) is 0 Å². The van der Waals surface area contributed by atoms with Crippen molar-refractivity contribution in [2.45, 2.75) is 13.8 Å². The van der Waals surface area contributed by atoms with Crippen LogP contribution in [-0.4, -0.2) is 20.9 Å². The zero-order chi connectivity index (χ0) is 18.5. The van der Waals surface area contributed by atoms with Crippen LogP contribution in [0.5, 0.6) is 0 Å². The Labute approximate surface area is 150 Å². The number of nitrogen functional groups attached to an aromatic ring is 1. The van der Waals surface area contributed by atoms with Gasteiger partial charge in [0.15, 0.2) is 11.6 Å². The van der Waals surface area contributed by atoms with Crippen LogP contribution in [0.15, 0.2) is 48.9 Å². The molecular formula is C18H19N7O. The minimum absolute atomic E-state index is 0.266. The van der Waals surface area contributed by atoms with Gasteiger partial charge in [-0.15, -0.1) is 0 Å². The van der Waals surface area contributed by atoms with Crippen molar-refractivity contribution in [2.75, 3.05) is 16.5 Å². The molecule has 2 heterocycles. The molecule has 0 aliphatic rings. The monoisotopic (exact) mass is 349 g/mol. The lowest BCUT2D eigenvalue weighted by Gasteiger charge is -2.14. The van der Waals surface area contributed by atoms with E-state index in [1.807, 2.05) is 38.1 Å². The lowest BCUT2D eigenvalue weighted by molar-refractivity contribution is 0.0962. The van der Waals surface area contributed by atoms with Crippen LogP contribution < -0.4 is 21.9 Å². The molecule has 0 radical (unpaired) electrons. The minimum atomic E-state index is -0.281. The van der Waals surface area contributed by atoms with Gasteiger partial charge in [0.25, 0.3) is 5.91 Å². The second kappa shape index (κ2) is 7.47. The second-order valence-corrected chi connectivity index (χ2v) is 5.67. The van der Waals surface area contributed by atoms with E-state index in [0.717, 1.165) is 11.1 Å². The average Bonchev–Trinajstić information content (AvgIpc) is 2.64. The Morgan fingerprint density at radius 3 is 2.42 bits per heavy atom. The SMILES string of the molecule is Cc1ccccc1C(=O)NNc1ncnc(Nc2ncccc2C)c1N. The van der Waals surface area contributed by atoms with Crippen LogP contribution in [0.3, 0.4) is 0 Å². The molecule has 26 heavy (non-hydrogen) atoms. The summed E-state index contributed by atoms with van der Waals surface area (Å²) < 4.78 is 0. The number of anilines is 4. The third kappa shape index (κ3) is 3.69. The predicted molar refractivity (Wildman–Crippen MR) is 101 cm³/mol. The average molecular weight is 349 g/mol. The van der Waals surface area contributed by atoms with Gasteiger partial charge in [-0.05, 0) is 37.1 Å². The fraction of sp³-hybridized carbons (Fsp3) is 0.111. The topological polar surface area (TPSA) is 118 Å². The molecule has 0 bridgehead atoms. The summed E-state index contributed by atoms with van der Waals surface area (Å²) in [6.45, 7) is 3.79. The molecule has 1 aromatic carbocycles. The van der Waals surface area contributed by atoms with E-state index >= 15 is 0 Å². The number of nitrogens with one attached hydrogen (secondary N) is 3. The Bertz CT molecular complexity index is 942. The highest BCUT2D eigenvalue weighted by Crippen LogP contribution is 2.25. The van der Waals surface area contributed by atoms with Crippen LogP contribution in [0, 0.1) is 13.8 Å². The number of hydrogen-bond donors (Lipinski definition) is 4. The highest BCUT2D eigenvalue weighted by molar-refractivity contribution is 5.96. The van der Waals surface area contributed by atoms with E-state index in [0.29, 0.717) is 17.2 Å². The van der Waals surface area contributed by atoms with Crippen LogP contribution in [0.2, 0.25) is 0 Å². The van der Waals surface area contributed by atoms with Gasteiger partial charge in [0, 0.05) is 11.8 Å². The summed E-state index contributed by atoms with van der Waals surface area (Å²) in [4.78, 5) is 24.7. The van der Waals surface area contributed by atoms with Crippen LogP contribution >= 0.6 is 0 Å². The Morgan fingerprint density at radius 2 is 1.65 bits per heavy atom. The van der Waals surface area contributed by atoms with Crippen molar-refractivity contribution >= 4 is 29.0 Å². The number of aromatic nitrogens is 3. The smallest absolute Gasteiger partial charge is 0.269 e. The van der Waals surface area contributed by atoms with Crippen molar-refractivity contribution < 1.29 is 4.79 Å². The maximum atomic E-state index is 12.3. The van der Waals surface area contributed by atoms with Crippen LogP contribution in [-0.2, 0) is 0 Å². The van der Waals surface area contributed by atoms with E-state index in [4.69, 9.17) is 5.73 Å². The lowest BCUT2D eigenvalue weighted by Crippen LogP contribution is -2.31. The van der Waals surface area contributed by atoms with Crippen LogP contribution in [0.25, 0.3) is 0 Å².